The fourth-order valence-electron chi connectivity index (χ4n) is 1.77. The third-order valence-corrected chi connectivity index (χ3v) is 3.82. The highest BCUT2D eigenvalue weighted by Gasteiger charge is 2.21. The van der Waals surface area contributed by atoms with E-state index in [1.54, 1.807) is 0 Å². The summed E-state index contributed by atoms with van der Waals surface area (Å²) in [6.45, 7) is 10.3. The van der Waals surface area contributed by atoms with Crippen LogP contribution in [0.15, 0.2) is 12.2 Å². The summed E-state index contributed by atoms with van der Waals surface area (Å²) in [7, 11) is 0. The van der Waals surface area contributed by atoms with Crippen LogP contribution in [0.2, 0.25) is 0 Å². The Hall–Kier alpha value is -0.680. The van der Waals surface area contributed by atoms with Gasteiger partial charge in [0.2, 0.25) is 0 Å². The number of nitrogens with zero attached hydrogens (tertiary/aromatic N) is 1. The van der Waals surface area contributed by atoms with Crippen LogP contribution in [0.25, 0.3) is 0 Å². The molecule has 0 bridgehead atoms. The molecule has 1 atom stereocenters. The molecule has 1 unspecified atom stereocenters. The molecule has 0 spiro atoms. The molecule has 1 aliphatic rings. The van der Waals surface area contributed by atoms with Crippen LogP contribution in [0.1, 0.15) is 20.3 Å². The normalized spacial score (nSPS) is 20.3. The van der Waals surface area contributed by atoms with E-state index in [0.717, 1.165) is 30.0 Å². The van der Waals surface area contributed by atoms with Gasteiger partial charge in [0.25, 0.3) is 0 Å². The first kappa shape index (κ1) is 15.4. The van der Waals surface area contributed by atoms with E-state index in [1.807, 2.05) is 23.6 Å². The summed E-state index contributed by atoms with van der Waals surface area (Å²) in [5.41, 5.74) is 1.000. The smallest absolute Gasteiger partial charge is 0.317 e. The summed E-state index contributed by atoms with van der Waals surface area (Å²) in [6.07, 6.45) is 1.07. The maximum Gasteiger partial charge on any atom is 0.317 e. The number of amides is 2. The van der Waals surface area contributed by atoms with Gasteiger partial charge in [-0.15, -0.1) is 0 Å². The number of hydrogen-bond donors (Lipinski definition) is 1. The molecule has 0 aromatic carbocycles. The van der Waals surface area contributed by atoms with Gasteiger partial charge in [-0.05, 0) is 26.0 Å². The van der Waals surface area contributed by atoms with Gasteiger partial charge in [0.1, 0.15) is 0 Å². The first-order valence-corrected chi connectivity index (χ1v) is 7.61. The van der Waals surface area contributed by atoms with Crippen molar-refractivity contribution < 1.29 is 9.53 Å². The fourth-order valence-corrected chi connectivity index (χ4v) is 2.81. The zero-order valence-corrected chi connectivity index (χ0v) is 12.2. The minimum absolute atomic E-state index is 0.0314. The standard InChI is InChI=1S/C13H24N2O2S/c1-11(2)10-17-7-5-14-13(16)15-6-9-18-8-4-12(15)3/h12H,1,4-10H2,2-3H3,(H,14,16). The monoisotopic (exact) mass is 272 g/mol. The van der Waals surface area contributed by atoms with Gasteiger partial charge < -0.3 is 15.0 Å². The molecule has 0 aromatic heterocycles. The Labute approximate surface area is 114 Å². The molecule has 5 heteroatoms. The van der Waals surface area contributed by atoms with Gasteiger partial charge in [-0.25, -0.2) is 4.79 Å². The van der Waals surface area contributed by atoms with Crippen molar-refractivity contribution in [2.75, 3.05) is 37.8 Å². The second kappa shape index (κ2) is 8.43. The Morgan fingerprint density at radius 3 is 3.06 bits per heavy atom. The lowest BCUT2D eigenvalue weighted by molar-refractivity contribution is 0.149. The zero-order valence-electron chi connectivity index (χ0n) is 11.4. The fraction of sp³-hybridized carbons (Fsp3) is 0.769. The van der Waals surface area contributed by atoms with Crippen LogP contribution in [-0.4, -0.2) is 54.8 Å². The molecule has 1 rings (SSSR count). The second-order valence-corrected chi connectivity index (χ2v) is 5.91. The van der Waals surface area contributed by atoms with Gasteiger partial charge in [0, 0.05) is 24.9 Å². The summed E-state index contributed by atoms with van der Waals surface area (Å²) in [5, 5.41) is 2.91. The van der Waals surface area contributed by atoms with E-state index in [9.17, 15) is 4.79 Å². The lowest BCUT2D eigenvalue weighted by Crippen LogP contribution is -2.46. The van der Waals surface area contributed by atoms with Crippen LogP contribution in [-0.2, 0) is 4.74 Å². The van der Waals surface area contributed by atoms with Crippen LogP contribution in [0.4, 0.5) is 4.79 Å². The van der Waals surface area contributed by atoms with E-state index in [0.29, 0.717) is 25.8 Å². The van der Waals surface area contributed by atoms with Crippen LogP contribution < -0.4 is 5.32 Å². The lowest BCUT2D eigenvalue weighted by atomic mass is 10.2. The predicted octanol–water partition coefficient (Wildman–Crippen LogP) is 2.12. The van der Waals surface area contributed by atoms with Crippen molar-refractivity contribution in [2.24, 2.45) is 0 Å². The van der Waals surface area contributed by atoms with Crippen molar-refractivity contribution in [2.45, 2.75) is 26.3 Å². The highest BCUT2D eigenvalue weighted by molar-refractivity contribution is 7.99. The van der Waals surface area contributed by atoms with E-state index in [2.05, 4.69) is 18.8 Å². The Morgan fingerprint density at radius 1 is 1.56 bits per heavy atom. The number of nitrogens with one attached hydrogen (secondary N) is 1. The van der Waals surface area contributed by atoms with Gasteiger partial charge in [0.05, 0.1) is 13.2 Å². The minimum Gasteiger partial charge on any atom is -0.375 e. The van der Waals surface area contributed by atoms with Gasteiger partial charge in [-0.1, -0.05) is 12.2 Å². The predicted molar refractivity (Wildman–Crippen MR) is 77.1 cm³/mol. The molecular weight excluding hydrogens is 248 g/mol. The van der Waals surface area contributed by atoms with Gasteiger partial charge in [-0.3, -0.25) is 0 Å². The summed E-state index contributed by atoms with van der Waals surface area (Å²) >= 11 is 1.92. The number of hydrogen-bond acceptors (Lipinski definition) is 3. The molecule has 4 nitrogen and oxygen atoms in total. The molecular formula is C13H24N2O2S. The van der Waals surface area contributed by atoms with E-state index in [-0.39, 0.29) is 6.03 Å². The Morgan fingerprint density at radius 2 is 2.33 bits per heavy atom. The van der Waals surface area contributed by atoms with Crippen molar-refractivity contribution in [3.8, 4) is 0 Å². The Bertz CT molecular complexity index is 284. The van der Waals surface area contributed by atoms with Gasteiger partial charge in [-0.2, -0.15) is 11.8 Å². The van der Waals surface area contributed by atoms with E-state index < -0.39 is 0 Å². The summed E-state index contributed by atoms with van der Waals surface area (Å²) in [5.74, 6) is 2.18. The molecule has 1 heterocycles. The molecule has 0 saturated carbocycles. The summed E-state index contributed by atoms with van der Waals surface area (Å²) < 4.78 is 5.35. The molecule has 1 fully saturated rings. The molecule has 1 N–H and O–H groups in total. The van der Waals surface area contributed by atoms with Crippen molar-refractivity contribution in [1.82, 2.24) is 10.2 Å². The van der Waals surface area contributed by atoms with Crippen molar-refractivity contribution in [3.63, 3.8) is 0 Å². The number of ether oxygens (including phenoxy) is 1. The summed E-state index contributed by atoms with van der Waals surface area (Å²) in [4.78, 5) is 13.9. The minimum atomic E-state index is 0.0314. The Kier molecular flexibility index (Phi) is 7.20. The summed E-state index contributed by atoms with van der Waals surface area (Å²) in [6, 6.07) is 0.361. The van der Waals surface area contributed by atoms with Crippen LogP contribution in [0, 0.1) is 0 Å². The highest BCUT2D eigenvalue weighted by atomic mass is 32.2. The maximum absolute atomic E-state index is 12.0. The third-order valence-electron chi connectivity index (χ3n) is 2.82. The van der Waals surface area contributed by atoms with Crippen LogP contribution >= 0.6 is 11.8 Å². The average Bonchev–Trinajstić information content (AvgIpc) is 2.53. The molecule has 0 aromatic rings. The number of rotatable bonds is 5. The first-order valence-electron chi connectivity index (χ1n) is 6.45. The molecule has 18 heavy (non-hydrogen) atoms. The first-order chi connectivity index (χ1) is 8.61. The molecule has 0 radical (unpaired) electrons. The molecule has 0 aliphatic carbocycles. The third kappa shape index (κ3) is 5.78. The molecule has 104 valence electrons. The zero-order chi connectivity index (χ0) is 13.4. The average molecular weight is 272 g/mol. The quantitative estimate of drug-likeness (QED) is 0.616. The number of thioether (sulfide) groups is 1. The van der Waals surface area contributed by atoms with Gasteiger partial charge >= 0.3 is 6.03 Å². The van der Waals surface area contributed by atoms with Crippen molar-refractivity contribution in [3.05, 3.63) is 12.2 Å². The van der Waals surface area contributed by atoms with Crippen molar-refractivity contribution >= 4 is 17.8 Å². The molecule has 2 amide bonds. The maximum atomic E-state index is 12.0. The lowest BCUT2D eigenvalue weighted by Gasteiger charge is -2.27. The SMILES string of the molecule is C=C(C)COCCNC(=O)N1CCSCCC1C. The van der Waals surface area contributed by atoms with E-state index >= 15 is 0 Å². The van der Waals surface area contributed by atoms with Crippen LogP contribution in [0.3, 0.4) is 0 Å². The number of urea groups is 1. The van der Waals surface area contributed by atoms with E-state index in [1.165, 1.54) is 0 Å². The highest BCUT2D eigenvalue weighted by Crippen LogP contribution is 2.15. The Balaban J connectivity index is 2.20. The van der Waals surface area contributed by atoms with E-state index in [4.69, 9.17) is 4.74 Å². The molecule has 1 saturated heterocycles. The largest absolute Gasteiger partial charge is 0.375 e. The van der Waals surface area contributed by atoms with Crippen LogP contribution in [0.5, 0.6) is 0 Å². The number of carbonyl (C=O) groups is 1. The number of carbonyl (C=O) groups excluding carboxylic acids is 1. The van der Waals surface area contributed by atoms with Gasteiger partial charge in [0.15, 0.2) is 0 Å². The topological polar surface area (TPSA) is 41.6 Å². The second-order valence-electron chi connectivity index (χ2n) is 4.69. The van der Waals surface area contributed by atoms with Crippen molar-refractivity contribution in [1.29, 1.82) is 0 Å². The molecule has 1 aliphatic heterocycles.